The highest BCUT2D eigenvalue weighted by Crippen LogP contribution is 2.29. The summed E-state index contributed by atoms with van der Waals surface area (Å²) in [4.78, 5) is 30.9. The van der Waals surface area contributed by atoms with Crippen LogP contribution in [0, 0.1) is 0 Å². The van der Waals surface area contributed by atoms with Crippen molar-refractivity contribution >= 4 is 10.9 Å². The van der Waals surface area contributed by atoms with Gasteiger partial charge in [-0.2, -0.15) is 0 Å². The molecular weight excluding hydrogens is 314 g/mol. The Bertz CT molecular complexity index is 1030. The van der Waals surface area contributed by atoms with Crippen LogP contribution in [0.25, 0.3) is 22.0 Å². The van der Waals surface area contributed by atoms with Crippen molar-refractivity contribution in [3.8, 4) is 11.1 Å². The molecule has 1 aliphatic rings. The molecule has 0 spiro atoms. The molecule has 128 valence electrons. The van der Waals surface area contributed by atoms with E-state index in [-0.39, 0.29) is 5.56 Å². The fraction of sp³-hybridized carbons (Fsp3) is 0.300. The highest BCUT2D eigenvalue weighted by Gasteiger charge is 2.19. The molecule has 1 aromatic heterocycles. The minimum atomic E-state index is -0.480. The molecule has 0 bridgehead atoms. The van der Waals surface area contributed by atoms with Crippen LogP contribution in [0.1, 0.15) is 31.4 Å². The van der Waals surface area contributed by atoms with E-state index >= 15 is 0 Å². The lowest BCUT2D eigenvalue weighted by Gasteiger charge is -2.24. The molecule has 1 aliphatic heterocycles. The monoisotopic (exact) mass is 335 g/mol. The van der Waals surface area contributed by atoms with Gasteiger partial charge in [0.15, 0.2) is 0 Å². The molecule has 2 N–H and O–H groups in total. The van der Waals surface area contributed by atoms with Gasteiger partial charge in [-0.25, -0.2) is 4.79 Å². The van der Waals surface area contributed by atoms with Crippen LogP contribution in [0.3, 0.4) is 0 Å². The first-order valence-electron chi connectivity index (χ1n) is 8.72. The highest BCUT2D eigenvalue weighted by molar-refractivity contribution is 5.83. The van der Waals surface area contributed by atoms with Crippen molar-refractivity contribution in [2.24, 2.45) is 0 Å². The smallest absolute Gasteiger partial charge is 0.307 e. The summed E-state index contributed by atoms with van der Waals surface area (Å²) < 4.78 is 0. The van der Waals surface area contributed by atoms with Gasteiger partial charge in [0.2, 0.25) is 0 Å². The zero-order chi connectivity index (χ0) is 17.4. The second-order valence-electron chi connectivity index (χ2n) is 6.71. The second-order valence-corrected chi connectivity index (χ2v) is 6.71. The van der Waals surface area contributed by atoms with Crippen LogP contribution >= 0.6 is 0 Å². The van der Waals surface area contributed by atoms with Gasteiger partial charge in [-0.15, -0.1) is 0 Å². The predicted molar refractivity (Wildman–Crippen MR) is 99.8 cm³/mol. The van der Waals surface area contributed by atoms with Gasteiger partial charge in [0.1, 0.15) is 0 Å². The van der Waals surface area contributed by atoms with Crippen LogP contribution in [0.5, 0.6) is 0 Å². The quantitative estimate of drug-likeness (QED) is 0.773. The van der Waals surface area contributed by atoms with Crippen molar-refractivity contribution in [2.75, 3.05) is 13.1 Å². The van der Waals surface area contributed by atoms with Crippen molar-refractivity contribution in [1.29, 1.82) is 0 Å². The SMILES string of the molecule is C[C@H](c1cccc(-c2ccc3[nH]c(=O)[nH]c(=O)c3c2)c1)N1CCCC1. The maximum atomic E-state index is 12.0. The number of benzene rings is 2. The number of rotatable bonds is 3. The molecule has 0 aliphatic carbocycles. The first-order valence-corrected chi connectivity index (χ1v) is 8.72. The number of hydrogen-bond donors (Lipinski definition) is 2. The van der Waals surface area contributed by atoms with Gasteiger partial charge in [0.25, 0.3) is 5.56 Å². The average molecular weight is 335 g/mol. The predicted octanol–water partition coefficient (Wildman–Crippen LogP) is 3.04. The Morgan fingerprint density at radius 1 is 0.960 bits per heavy atom. The highest BCUT2D eigenvalue weighted by atomic mass is 16.2. The van der Waals surface area contributed by atoms with Gasteiger partial charge in [0, 0.05) is 6.04 Å². The Kier molecular flexibility index (Phi) is 4.01. The summed E-state index contributed by atoms with van der Waals surface area (Å²) in [5.74, 6) is 0. The van der Waals surface area contributed by atoms with Crippen molar-refractivity contribution in [1.82, 2.24) is 14.9 Å². The molecule has 3 aromatic rings. The fourth-order valence-electron chi connectivity index (χ4n) is 3.66. The minimum absolute atomic E-state index is 0.359. The van der Waals surface area contributed by atoms with Gasteiger partial charge in [-0.3, -0.25) is 14.7 Å². The number of nitrogens with zero attached hydrogens (tertiary/aromatic N) is 1. The van der Waals surface area contributed by atoms with E-state index in [0.717, 1.165) is 24.2 Å². The molecule has 5 heteroatoms. The van der Waals surface area contributed by atoms with E-state index in [1.807, 2.05) is 12.1 Å². The molecule has 0 amide bonds. The number of H-pyrrole nitrogens is 2. The summed E-state index contributed by atoms with van der Waals surface area (Å²) in [7, 11) is 0. The third-order valence-electron chi connectivity index (χ3n) is 5.13. The van der Waals surface area contributed by atoms with Crippen LogP contribution < -0.4 is 11.2 Å². The number of fused-ring (bicyclic) bond motifs is 1. The van der Waals surface area contributed by atoms with Gasteiger partial charge in [0.05, 0.1) is 10.9 Å². The molecule has 5 nitrogen and oxygen atoms in total. The number of aromatic nitrogens is 2. The van der Waals surface area contributed by atoms with Gasteiger partial charge >= 0.3 is 5.69 Å². The summed E-state index contributed by atoms with van der Waals surface area (Å²) in [5.41, 5.74) is 3.06. The minimum Gasteiger partial charge on any atom is -0.307 e. The maximum absolute atomic E-state index is 12.0. The van der Waals surface area contributed by atoms with E-state index in [9.17, 15) is 9.59 Å². The van der Waals surface area contributed by atoms with Crippen LogP contribution in [-0.2, 0) is 0 Å². The van der Waals surface area contributed by atoms with Crippen molar-refractivity contribution in [3.05, 3.63) is 68.9 Å². The topological polar surface area (TPSA) is 69.0 Å². The van der Waals surface area contributed by atoms with Gasteiger partial charge in [-0.1, -0.05) is 24.3 Å². The number of likely N-dealkylation sites (tertiary alicyclic amines) is 1. The largest absolute Gasteiger partial charge is 0.326 e. The molecule has 2 aromatic carbocycles. The lowest BCUT2D eigenvalue weighted by molar-refractivity contribution is 0.263. The summed E-state index contributed by atoms with van der Waals surface area (Å²) in [6.07, 6.45) is 2.55. The summed E-state index contributed by atoms with van der Waals surface area (Å²) in [6.45, 7) is 4.56. The van der Waals surface area contributed by atoms with Crippen molar-refractivity contribution in [2.45, 2.75) is 25.8 Å². The molecule has 0 unspecified atom stereocenters. The Morgan fingerprint density at radius 3 is 2.52 bits per heavy atom. The molecule has 2 heterocycles. The van der Waals surface area contributed by atoms with Crippen molar-refractivity contribution < 1.29 is 0 Å². The third kappa shape index (κ3) is 3.03. The fourth-order valence-corrected chi connectivity index (χ4v) is 3.66. The summed E-state index contributed by atoms with van der Waals surface area (Å²) >= 11 is 0. The Hall–Kier alpha value is -2.66. The zero-order valence-electron chi connectivity index (χ0n) is 14.2. The molecule has 4 rings (SSSR count). The van der Waals surface area contributed by atoms with E-state index in [1.54, 1.807) is 6.07 Å². The lowest BCUT2D eigenvalue weighted by Crippen LogP contribution is -2.23. The van der Waals surface area contributed by atoms with Crippen molar-refractivity contribution in [3.63, 3.8) is 0 Å². The summed E-state index contributed by atoms with van der Waals surface area (Å²) in [5, 5.41) is 0.495. The normalized spacial score (nSPS) is 16.4. The van der Waals surface area contributed by atoms with E-state index < -0.39 is 5.69 Å². The van der Waals surface area contributed by atoms with Crippen LogP contribution in [0.2, 0.25) is 0 Å². The Labute approximate surface area is 145 Å². The first kappa shape index (κ1) is 15.8. The number of aromatic amines is 2. The van der Waals surface area contributed by atoms with Crippen LogP contribution in [-0.4, -0.2) is 28.0 Å². The number of nitrogens with one attached hydrogen (secondary N) is 2. The van der Waals surface area contributed by atoms with Crippen LogP contribution in [0.4, 0.5) is 0 Å². The zero-order valence-corrected chi connectivity index (χ0v) is 14.2. The lowest BCUT2D eigenvalue weighted by atomic mass is 9.98. The third-order valence-corrected chi connectivity index (χ3v) is 5.13. The molecular formula is C20H21N3O2. The van der Waals surface area contributed by atoms with Crippen LogP contribution in [0.15, 0.2) is 52.1 Å². The van der Waals surface area contributed by atoms with Gasteiger partial charge < -0.3 is 4.98 Å². The van der Waals surface area contributed by atoms with E-state index in [2.05, 4.69) is 46.1 Å². The van der Waals surface area contributed by atoms with Gasteiger partial charge in [-0.05, 0) is 67.7 Å². The molecule has 1 fully saturated rings. The number of hydrogen-bond acceptors (Lipinski definition) is 3. The summed E-state index contributed by atoms with van der Waals surface area (Å²) in [6, 6.07) is 14.4. The maximum Gasteiger partial charge on any atom is 0.326 e. The molecule has 1 saturated heterocycles. The first-order chi connectivity index (χ1) is 12.1. The molecule has 0 saturated carbocycles. The molecule has 0 radical (unpaired) electrons. The van der Waals surface area contributed by atoms with E-state index in [4.69, 9.17) is 0 Å². The standard InChI is InChI=1S/C20H21N3O2/c1-13(23-9-2-3-10-23)14-5-4-6-15(11-14)16-7-8-18-17(12-16)19(24)22-20(25)21-18/h4-8,11-13H,2-3,9-10H2,1H3,(H2,21,22,24,25)/t13-/m1/s1. The average Bonchev–Trinajstić information content (AvgIpc) is 3.15. The van der Waals surface area contributed by atoms with E-state index in [0.29, 0.717) is 16.9 Å². The molecule has 25 heavy (non-hydrogen) atoms. The van der Waals surface area contributed by atoms with E-state index in [1.165, 1.54) is 18.4 Å². The Balaban J connectivity index is 1.74. The second kappa shape index (κ2) is 6.33. The molecule has 1 atom stereocenters. The Morgan fingerprint density at radius 2 is 1.72 bits per heavy atom.